The number of quaternary nitrogens is 1. The number of carbonyl (C=O) groups is 2. The molecule has 0 saturated carbocycles. The van der Waals surface area contributed by atoms with Crippen LogP contribution in [0.25, 0.3) is 0 Å². The zero-order chi connectivity index (χ0) is 43.6. The molecule has 0 rings (SSSR count). The molecule has 0 heterocycles. The van der Waals surface area contributed by atoms with E-state index in [0.717, 1.165) is 57.8 Å². The highest BCUT2D eigenvalue weighted by molar-refractivity contribution is 7.47. The molecule has 9 nitrogen and oxygen atoms in total. The molecule has 2 atom stereocenters. The van der Waals surface area contributed by atoms with Gasteiger partial charge in [0.2, 0.25) is 0 Å². The number of hydrogen-bond donors (Lipinski definition) is 1. The zero-order valence-corrected chi connectivity index (χ0v) is 39.6. The Labute approximate surface area is 363 Å². The van der Waals surface area contributed by atoms with E-state index in [4.69, 9.17) is 18.5 Å². The van der Waals surface area contributed by atoms with Crippen LogP contribution in [0.3, 0.4) is 0 Å². The first kappa shape index (κ1) is 57.0. The van der Waals surface area contributed by atoms with Crippen molar-refractivity contribution in [2.45, 2.75) is 206 Å². The molecule has 0 saturated heterocycles. The molecule has 0 radical (unpaired) electrons. The maximum atomic E-state index is 12.7. The molecule has 0 aliphatic heterocycles. The molecule has 0 aromatic carbocycles. The topological polar surface area (TPSA) is 108 Å². The number of hydrogen-bond acceptors (Lipinski definition) is 7. The Hall–Kier alpha value is -2.03. The second kappa shape index (κ2) is 41.3. The summed E-state index contributed by atoms with van der Waals surface area (Å²) in [6.45, 7) is 4.28. The van der Waals surface area contributed by atoms with Crippen LogP contribution in [0.4, 0.5) is 0 Å². The van der Waals surface area contributed by atoms with E-state index in [9.17, 15) is 19.0 Å². The summed E-state index contributed by atoms with van der Waals surface area (Å²) < 4.78 is 34.3. The summed E-state index contributed by atoms with van der Waals surface area (Å²) in [6.07, 6.45) is 49.0. The maximum Gasteiger partial charge on any atom is 0.472 e. The molecule has 0 aromatic rings. The van der Waals surface area contributed by atoms with E-state index < -0.39 is 26.5 Å². The molecule has 0 bridgehead atoms. The number of rotatable bonds is 43. The summed E-state index contributed by atoms with van der Waals surface area (Å²) in [5.74, 6) is -0.800. The number of likely N-dealkylation sites (N-methyl/N-ethyl adjacent to an activating group) is 1. The summed E-state index contributed by atoms with van der Waals surface area (Å²) in [4.78, 5) is 35.3. The van der Waals surface area contributed by atoms with E-state index >= 15 is 0 Å². The number of carbonyl (C=O) groups excluding carboxylic acids is 2. The van der Waals surface area contributed by atoms with Crippen molar-refractivity contribution < 1.29 is 42.1 Å². The minimum atomic E-state index is -4.37. The summed E-state index contributed by atoms with van der Waals surface area (Å²) in [7, 11) is 1.48. The molecule has 344 valence electrons. The van der Waals surface area contributed by atoms with Crippen LogP contribution in [0, 0.1) is 0 Å². The second-order valence-electron chi connectivity index (χ2n) is 17.1. The predicted molar refractivity (Wildman–Crippen MR) is 247 cm³/mol. The summed E-state index contributed by atoms with van der Waals surface area (Å²) in [6, 6.07) is 0. The fourth-order valence-electron chi connectivity index (χ4n) is 6.42. The summed E-state index contributed by atoms with van der Waals surface area (Å²) >= 11 is 0. The number of phosphoric ester groups is 1. The van der Waals surface area contributed by atoms with Gasteiger partial charge in [0.25, 0.3) is 0 Å². The Bertz CT molecular complexity index is 1150. The van der Waals surface area contributed by atoms with Crippen molar-refractivity contribution in [3.63, 3.8) is 0 Å². The van der Waals surface area contributed by atoms with E-state index in [1.165, 1.54) is 109 Å². The SMILES string of the molecule is CC/C=C\C/C=C\C/C=C\C/C=C\CCCCCCCCCCCCCCCCC(=O)OC(COC(=O)CCCCCCCCCC)COP(=O)(O)OCC[N+](C)(C)C. The first-order valence-electron chi connectivity index (χ1n) is 23.9. The molecule has 0 aliphatic rings. The van der Waals surface area contributed by atoms with Crippen molar-refractivity contribution in [2.24, 2.45) is 0 Å². The molecule has 0 spiro atoms. The average molecular weight is 853 g/mol. The van der Waals surface area contributed by atoms with Gasteiger partial charge in [0, 0.05) is 12.8 Å². The van der Waals surface area contributed by atoms with E-state index in [0.29, 0.717) is 17.4 Å². The van der Waals surface area contributed by atoms with Gasteiger partial charge in [0.1, 0.15) is 19.8 Å². The van der Waals surface area contributed by atoms with Crippen LogP contribution in [0.5, 0.6) is 0 Å². The molecule has 0 fully saturated rings. The minimum absolute atomic E-state index is 0.0320. The van der Waals surface area contributed by atoms with Gasteiger partial charge < -0.3 is 18.9 Å². The monoisotopic (exact) mass is 853 g/mol. The van der Waals surface area contributed by atoms with Gasteiger partial charge in [-0.1, -0.05) is 184 Å². The van der Waals surface area contributed by atoms with E-state index in [-0.39, 0.29) is 32.0 Å². The van der Waals surface area contributed by atoms with E-state index in [1.807, 2.05) is 21.1 Å². The minimum Gasteiger partial charge on any atom is -0.462 e. The third-order valence-electron chi connectivity index (χ3n) is 10.1. The van der Waals surface area contributed by atoms with Gasteiger partial charge in [-0.3, -0.25) is 18.6 Å². The van der Waals surface area contributed by atoms with Gasteiger partial charge >= 0.3 is 19.8 Å². The summed E-state index contributed by atoms with van der Waals surface area (Å²) in [5.41, 5.74) is 0. The van der Waals surface area contributed by atoms with Gasteiger partial charge in [0.05, 0.1) is 27.7 Å². The molecule has 59 heavy (non-hydrogen) atoms. The predicted octanol–water partition coefficient (Wildman–Crippen LogP) is 13.9. The van der Waals surface area contributed by atoms with Gasteiger partial charge in [-0.25, -0.2) is 4.57 Å². The van der Waals surface area contributed by atoms with Crippen LogP contribution in [0.15, 0.2) is 48.6 Å². The number of allylic oxidation sites excluding steroid dienone is 8. The first-order chi connectivity index (χ1) is 28.5. The van der Waals surface area contributed by atoms with Crippen molar-refractivity contribution in [3.8, 4) is 0 Å². The first-order valence-corrected chi connectivity index (χ1v) is 25.4. The van der Waals surface area contributed by atoms with E-state index in [2.05, 4.69) is 62.5 Å². The van der Waals surface area contributed by atoms with Gasteiger partial charge in [-0.05, 0) is 51.4 Å². The molecule has 10 heteroatoms. The molecular formula is C49H91NO8P+. The molecule has 0 aromatic heterocycles. The van der Waals surface area contributed by atoms with Crippen molar-refractivity contribution in [3.05, 3.63) is 48.6 Å². The zero-order valence-electron chi connectivity index (χ0n) is 38.7. The molecular weight excluding hydrogens is 762 g/mol. The Morgan fingerprint density at radius 1 is 0.542 bits per heavy atom. The number of phosphoric acid groups is 1. The van der Waals surface area contributed by atoms with Crippen molar-refractivity contribution in [1.82, 2.24) is 0 Å². The largest absolute Gasteiger partial charge is 0.472 e. The standard InChI is InChI=1S/C49H90NO8P/c1-6-8-10-12-14-16-17-18-19-20-21-22-23-24-25-26-27-28-29-30-31-32-33-34-36-38-40-42-49(52)58-47(46-57-59(53,54)56-44-43-50(3,4)5)45-55-48(51)41-39-37-35-15-13-11-9-7-2/h8,10,14,16,18-19,21-22,47H,6-7,9,11-13,15,17,20,23-46H2,1-5H3/p+1/b10-8-,16-14-,19-18-,22-21-. The lowest BCUT2D eigenvalue weighted by molar-refractivity contribution is -0.870. The number of unbranched alkanes of at least 4 members (excludes halogenated alkanes) is 21. The molecule has 2 unspecified atom stereocenters. The average Bonchev–Trinajstić information content (AvgIpc) is 3.19. The molecule has 0 amide bonds. The Morgan fingerprint density at radius 3 is 1.44 bits per heavy atom. The third-order valence-corrected chi connectivity index (χ3v) is 11.1. The number of nitrogens with zero attached hydrogens (tertiary/aromatic N) is 1. The molecule has 0 aliphatic carbocycles. The van der Waals surface area contributed by atoms with Crippen LogP contribution >= 0.6 is 7.82 Å². The van der Waals surface area contributed by atoms with Crippen LogP contribution in [-0.4, -0.2) is 74.9 Å². The number of esters is 2. The lowest BCUT2D eigenvalue weighted by Crippen LogP contribution is -2.37. The highest BCUT2D eigenvalue weighted by atomic mass is 31.2. The second-order valence-corrected chi connectivity index (χ2v) is 18.6. The Morgan fingerprint density at radius 2 is 0.966 bits per heavy atom. The van der Waals surface area contributed by atoms with Gasteiger partial charge in [-0.2, -0.15) is 0 Å². The lowest BCUT2D eigenvalue weighted by Gasteiger charge is -2.24. The fraction of sp³-hybridized carbons (Fsp3) is 0.796. The van der Waals surface area contributed by atoms with Gasteiger partial charge in [0.15, 0.2) is 6.10 Å². The van der Waals surface area contributed by atoms with Crippen molar-refractivity contribution >= 4 is 19.8 Å². The normalized spacial score (nSPS) is 13.9. The quantitative estimate of drug-likeness (QED) is 0.0212. The van der Waals surface area contributed by atoms with Crippen LogP contribution in [-0.2, 0) is 32.7 Å². The number of ether oxygens (including phenoxy) is 2. The van der Waals surface area contributed by atoms with Crippen LogP contribution in [0.2, 0.25) is 0 Å². The Kier molecular flexibility index (Phi) is 39.9. The van der Waals surface area contributed by atoms with Crippen LogP contribution < -0.4 is 0 Å². The molecule has 1 N–H and O–H groups in total. The maximum absolute atomic E-state index is 12.7. The van der Waals surface area contributed by atoms with Crippen LogP contribution in [0.1, 0.15) is 200 Å². The summed E-state index contributed by atoms with van der Waals surface area (Å²) in [5, 5.41) is 0. The van der Waals surface area contributed by atoms with Crippen molar-refractivity contribution in [1.29, 1.82) is 0 Å². The fourth-order valence-corrected chi connectivity index (χ4v) is 7.16. The van der Waals surface area contributed by atoms with E-state index in [1.54, 1.807) is 0 Å². The van der Waals surface area contributed by atoms with Gasteiger partial charge in [-0.15, -0.1) is 0 Å². The smallest absolute Gasteiger partial charge is 0.462 e. The van der Waals surface area contributed by atoms with Crippen molar-refractivity contribution in [2.75, 3.05) is 47.5 Å². The Balaban J connectivity index is 4.09. The highest BCUT2D eigenvalue weighted by Gasteiger charge is 2.27. The highest BCUT2D eigenvalue weighted by Crippen LogP contribution is 2.43. The third kappa shape index (κ3) is 45.3. The lowest BCUT2D eigenvalue weighted by atomic mass is 10.0.